The van der Waals surface area contributed by atoms with Crippen LogP contribution in [0.4, 0.5) is 0 Å². The second kappa shape index (κ2) is 3.74. The Labute approximate surface area is 44.3 Å². The summed E-state index contributed by atoms with van der Waals surface area (Å²) < 4.78 is 2.14. The van der Waals surface area contributed by atoms with Gasteiger partial charge in [0.25, 0.3) is 0 Å². The molecule has 1 heteroatoms. The minimum atomic E-state index is 1.21. The zero-order valence-corrected chi connectivity index (χ0v) is 5.15. The van der Waals surface area contributed by atoms with E-state index in [4.69, 9.17) is 0 Å². The van der Waals surface area contributed by atoms with Crippen LogP contribution in [0.1, 0.15) is 6.92 Å². The van der Waals surface area contributed by atoms with Gasteiger partial charge >= 0.3 is 44.3 Å². The van der Waals surface area contributed by atoms with Crippen molar-refractivity contribution < 1.29 is 0 Å². The summed E-state index contributed by atoms with van der Waals surface area (Å²) in [5.74, 6) is 0. The van der Waals surface area contributed by atoms with Crippen LogP contribution in [0.15, 0.2) is 9.40 Å². The van der Waals surface area contributed by atoms with Crippen LogP contribution in [-0.2, 0) is 0 Å². The van der Waals surface area contributed by atoms with Crippen LogP contribution in [0.5, 0.6) is 0 Å². The van der Waals surface area contributed by atoms with Gasteiger partial charge in [0.15, 0.2) is 0 Å². The Hall–Kier alpha value is 0.740. The van der Waals surface area contributed by atoms with Crippen molar-refractivity contribution in [2.45, 2.75) is 6.92 Å². The molecule has 0 nitrogen and oxygen atoms in total. The van der Waals surface area contributed by atoms with Crippen LogP contribution in [-0.4, -0.2) is 27.9 Å². The third-order valence-electron chi connectivity index (χ3n) is 0.333. The van der Waals surface area contributed by atoms with E-state index in [0.717, 1.165) is 0 Å². The van der Waals surface area contributed by atoms with Crippen LogP contribution < -0.4 is 0 Å². The third-order valence-corrected chi connectivity index (χ3v) is 1.00. The van der Waals surface area contributed by atoms with Crippen LogP contribution in [0.25, 0.3) is 0 Å². The fourth-order valence-electron chi connectivity index (χ4n) is 0. The molecule has 0 aliphatic heterocycles. The molecule has 4 heavy (non-hydrogen) atoms. The van der Waals surface area contributed by atoms with Gasteiger partial charge in [-0.2, -0.15) is 0 Å². The molecule has 0 aliphatic carbocycles. The van der Waals surface area contributed by atoms with Gasteiger partial charge < -0.3 is 0 Å². The monoisotopic (exact) mass is 64.0 g/mol. The van der Waals surface area contributed by atoms with Crippen molar-refractivity contribution in [2.75, 3.05) is 0 Å². The van der Waals surface area contributed by atoms with Crippen LogP contribution in [0.3, 0.4) is 0 Å². The number of hydrogen-bond donors (Lipinski definition) is 0. The summed E-state index contributed by atoms with van der Waals surface area (Å²) >= 11 is 1.21. The summed E-state index contributed by atoms with van der Waals surface area (Å²) in [6, 6.07) is 0. The van der Waals surface area contributed by atoms with Crippen molar-refractivity contribution in [3.8, 4) is 0 Å². The van der Waals surface area contributed by atoms with Gasteiger partial charge in [-0.05, 0) is 0 Å². The molecular formula is C3H5Na. The molecule has 0 heterocycles. The first kappa shape index (κ1) is 4.74. The van der Waals surface area contributed by atoms with Gasteiger partial charge in [-0.1, -0.05) is 0 Å². The molecule has 0 fully saturated rings. The van der Waals surface area contributed by atoms with E-state index >= 15 is 0 Å². The molecule has 0 saturated heterocycles. The van der Waals surface area contributed by atoms with Gasteiger partial charge in [0.05, 0.1) is 0 Å². The van der Waals surface area contributed by atoms with E-state index in [1.165, 1.54) is 27.9 Å². The van der Waals surface area contributed by atoms with Crippen molar-refractivity contribution in [1.82, 2.24) is 0 Å². The number of allylic oxidation sites excluding steroid dienone is 1. The van der Waals surface area contributed by atoms with E-state index in [-0.39, 0.29) is 0 Å². The zero-order valence-electron chi connectivity index (χ0n) is 3.15. The van der Waals surface area contributed by atoms with Crippen LogP contribution in [0.2, 0.25) is 0 Å². The van der Waals surface area contributed by atoms with Gasteiger partial charge in [0.2, 0.25) is 0 Å². The van der Waals surface area contributed by atoms with Crippen molar-refractivity contribution in [3.05, 3.63) is 9.40 Å². The Morgan fingerprint density at radius 3 is 2.00 bits per heavy atom. The first-order chi connectivity index (χ1) is 1.91. The first-order valence-electron chi connectivity index (χ1n) is 1.49. The number of rotatable bonds is 0. The maximum absolute atomic E-state index is 2.14. The molecule has 0 saturated carbocycles. The van der Waals surface area contributed by atoms with E-state index < -0.39 is 0 Å². The molecule has 0 spiro atoms. The quantitative estimate of drug-likeness (QED) is 0.363. The fourth-order valence-corrected chi connectivity index (χ4v) is 0. The SMILES string of the molecule is CC=[CH][Na]. The Kier molecular flexibility index (Phi) is 4.43. The van der Waals surface area contributed by atoms with Gasteiger partial charge in [-0.25, -0.2) is 0 Å². The van der Waals surface area contributed by atoms with Crippen molar-refractivity contribution in [1.29, 1.82) is 0 Å². The van der Waals surface area contributed by atoms with Crippen LogP contribution >= 0.6 is 0 Å². The van der Waals surface area contributed by atoms with Gasteiger partial charge in [-0.15, -0.1) is 0 Å². The molecule has 0 aromatic rings. The molecule has 0 N–H and O–H groups in total. The molecule has 0 amide bonds. The fraction of sp³-hybridized carbons (Fsp3) is 0.333. The maximum atomic E-state index is 2.14. The summed E-state index contributed by atoms with van der Waals surface area (Å²) in [5.41, 5.74) is 0. The van der Waals surface area contributed by atoms with E-state index in [0.29, 0.717) is 0 Å². The molecule has 0 rings (SSSR count). The predicted molar refractivity (Wildman–Crippen MR) is 20.6 cm³/mol. The molecule has 0 bridgehead atoms. The van der Waals surface area contributed by atoms with Gasteiger partial charge in [0.1, 0.15) is 0 Å². The first-order valence-corrected chi connectivity index (χ1v) is 2.64. The average Bonchev–Trinajstić information content (AvgIpc) is 1.37. The van der Waals surface area contributed by atoms with E-state index in [1.54, 1.807) is 0 Å². The second-order valence-electron chi connectivity index (χ2n) is 0.667. The average molecular weight is 64.1 g/mol. The Morgan fingerprint density at radius 2 is 2.00 bits per heavy atom. The van der Waals surface area contributed by atoms with Crippen molar-refractivity contribution >= 4 is 27.9 Å². The van der Waals surface area contributed by atoms with Crippen molar-refractivity contribution in [3.63, 3.8) is 0 Å². The Balaban J connectivity index is 2.55. The van der Waals surface area contributed by atoms with E-state index in [1.807, 2.05) is 6.92 Å². The molecule has 0 radical (unpaired) electrons. The van der Waals surface area contributed by atoms with Gasteiger partial charge in [-0.3, -0.25) is 0 Å². The minimum absolute atomic E-state index is 1.21. The molecule has 18 valence electrons. The predicted octanol–water partition coefficient (Wildman–Crippen LogP) is 0.689. The zero-order chi connectivity index (χ0) is 3.41. The standard InChI is InChI=1S/C3H5.Na/c1-3-2;/h1,3H,2H3;. The molecule has 0 atom stereocenters. The molecular weight excluding hydrogens is 59.0 g/mol. The second-order valence-corrected chi connectivity index (χ2v) is 1.33. The Bertz CT molecular complexity index is 18.5. The summed E-state index contributed by atoms with van der Waals surface area (Å²) in [7, 11) is 0. The topological polar surface area (TPSA) is 0 Å². The van der Waals surface area contributed by atoms with Crippen molar-refractivity contribution in [2.24, 2.45) is 0 Å². The Morgan fingerprint density at radius 1 is 1.75 bits per heavy atom. The van der Waals surface area contributed by atoms with E-state index in [9.17, 15) is 0 Å². The summed E-state index contributed by atoms with van der Waals surface area (Å²) in [5, 5.41) is 0. The summed E-state index contributed by atoms with van der Waals surface area (Å²) in [6.07, 6.45) is 2.06. The molecule has 0 aromatic heterocycles. The molecule has 0 aliphatic rings. The van der Waals surface area contributed by atoms with E-state index in [2.05, 4.69) is 9.40 Å². The normalized spacial score (nSPS) is 9.75. The number of hydrogen-bond acceptors (Lipinski definition) is 0. The molecule has 0 unspecified atom stereocenters. The van der Waals surface area contributed by atoms with Gasteiger partial charge in [0, 0.05) is 0 Å². The summed E-state index contributed by atoms with van der Waals surface area (Å²) in [4.78, 5) is 0. The third kappa shape index (κ3) is 2.74. The summed E-state index contributed by atoms with van der Waals surface area (Å²) in [6.45, 7) is 2.03. The molecule has 0 aromatic carbocycles. The van der Waals surface area contributed by atoms with Crippen LogP contribution in [0, 0.1) is 0 Å².